The maximum absolute atomic E-state index is 14.5. The Morgan fingerprint density at radius 1 is 0.822 bits per heavy atom. The van der Waals surface area contributed by atoms with Crippen LogP contribution in [0.5, 0.6) is 0 Å². The molecule has 2 amide bonds. The lowest BCUT2D eigenvalue weighted by atomic mass is 10.0. The molecule has 4 aromatic rings. The number of carbonyl (C=O) groups is 2. The van der Waals surface area contributed by atoms with Gasteiger partial charge in [-0.25, -0.2) is 8.42 Å². The lowest BCUT2D eigenvalue weighted by Crippen LogP contribution is -2.53. The summed E-state index contributed by atoms with van der Waals surface area (Å²) in [6.45, 7) is 3.85. The highest BCUT2D eigenvalue weighted by Crippen LogP contribution is 2.27. The zero-order valence-electron chi connectivity index (χ0n) is 25.3. The standard InChI is InChI=1S/C35H37Cl2N3O4S/c1-3-4-21-38-35(42)33(22-27-9-6-5-7-10-27)39(24-28-15-17-29(36)18-16-28)34(41)25-40(31-12-8-11-30(37)23-31)45(43,44)32-19-13-26(2)14-20-32/h5-20,23,33H,3-4,21-22,24-25H2,1-2H3,(H,38,42)/t33-/m0/s1. The van der Waals surface area contributed by atoms with E-state index in [0.29, 0.717) is 16.6 Å². The van der Waals surface area contributed by atoms with Gasteiger partial charge in [0.1, 0.15) is 12.6 Å². The third kappa shape index (κ3) is 9.33. The number of unbranched alkanes of at least 4 members (excludes halogenated alkanes) is 1. The number of amides is 2. The van der Waals surface area contributed by atoms with Crippen LogP contribution in [0, 0.1) is 6.92 Å². The van der Waals surface area contributed by atoms with Gasteiger partial charge in [-0.2, -0.15) is 0 Å². The largest absolute Gasteiger partial charge is 0.354 e. The summed E-state index contributed by atoms with van der Waals surface area (Å²) in [7, 11) is -4.21. The van der Waals surface area contributed by atoms with Crippen LogP contribution in [-0.2, 0) is 32.6 Å². The molecular formula is C35H37Cl2N3O4S. The van der Waals surface area contributed by atoms with Gasteiger partial charge in [0.2, 0.25) is 11.8 Å². The molecule has 0 radical (unpaired) electrons. The van der Waals surface area contributed by atoms with Crippen molar-refractivity contribution in [3.8, 4) is 0 Å². The highest BCUT2D eigenvalue weighted by Gasteiger charge is 2.34. The summed E-state index contributed by atoms with van der Waals surface area (Å²) in [6.07, 6.45) is 1.91. The Morgan fingerprint density at radius 3 is 2.16 bits per heavy atom. The van der Waals surface area contributed by atoms with Crippen LogP contribution in [0.2, 0.25) is 10.0 Å². The number of carbonyl (C=O) groups excluding carboxylic acids is 2. The lowest BCUT2D eigenvalue weighted by Gasteiger charge is -2.34. The van der Waals surface area contributed by atoms with Crippen LogP contribution in [0.3, 0.4) is 0 Å². The molecule has 0 aliphatic rings. The minimum absolute atomic E-state index is 0.0308. The van der Waals surface area contributed by atoms with E-state index in [4.69, 9.17) is 23.2 Å². The van der Waals surface area contributed by atoms with Gasteiger partial charge in [-0.1, -0.05) is 103 Å². The third-order valence-corrected chi connectivity index (χ3v) is 9.63. The van der Waals surface area contributed by atoms with E-state index in [1.54, 1.807) is 54.6 Å². The Hall–Kier alpha value is -3.85. The number of aryl methyl sites for hydroxylation is 1. The van der Waals surface area contributed by atoms with Crippen LogP contribution in [0.4, 0.5) is 5.69 Å². The molecule has 1 N–H and O–H groups in total. The molecule has 4 aromatic carbocycles. The molecule has 7 nitrogen and oxygen atoms in total. The summed E-state index contributed by atoms with van der Waals surface area (Å²) in [5.74, 6) is -0.863. The summed E-state index contributed by atoms with van der Waals surface area (Å²) >= 11 is 12.4. The minimum atomic E-state index is -4.21. The summed E-state index contributed by atoms with van der Waals surface area (Å²) < 4.78 is 29.2. The molecule has 236 valence electrons. The van der Waals surface area contributed by atoms with Crippen molar-refractivity contribution in [2.75, 3.05) is 17.4 Å². The van der Waals surface area contributed by atoms with Gasteiger partial charge in [0, 0.05) is 29.6 Å². The van der Waals surface area contributed by atoms with Crippen LogP contribution in [0.1, 0.15) is 36.5 Å². The topological polar surface area (TPSA) is 86.8 Å². The van der Waals surface area contributed by atoms with Crippen molar-refractivity contribution >= 4 is 50.7 Å². The number of rotatable bonds is 14. The van der Waals surface area contributed by atoms with E-state index in [-0.39, 0.29) is 29.5 Å². The zero-order chi connectivity index (χ0) is 32.4. The highest BCUT2D eigenvalue weighted by atomic mass is 35.5. The molecule has 45 heavy (non-hydrogen) atoms. The van der Waals surface area contributed by atoms with Gasteiger partial charge in [-0.3, -0.25) is 13.9 Å². The van der Waals surface area contributed by atoms with E-state index in [0.717, 1.165) is 33.8 Å². The minimum Gasteiger partial charge on any atom is -0.354 e. The molecule has 0 aliphatic heterocycles. The second kappa shape index (κ2) is 15.9. The number of halogens is 2. The smallest absolute Gasteiger partial charge is 0.264 e. The predicted molar refractivity (Wildman–Crippen MR) is 181 cm³/mol. The fourth-order valence-electron chi connectivity index (χ4n) is 4.84. The first-order chi connectivity index (χ1) is 21.6. The van der Waals surface area contributed by atoms with Gasteiger partial charge < -0.3 is 10.2 Å². The molecule has 10 heteroatoms. The van der Waals surface area contributed by atoms with E-state index < -0.39 is 28.5 Å². The summed E-state index contributed by atoms with van der Waals surface area (Å²) in [6, 6.07) is 28.3. The van der Waals surface area contributed by atoms with Gasteiger partial charge >= 0.3 is 0 Å². The average molecular weight is 667 g/mol. The number of hydrogen-bond acceptors (Lipinski definition) is 4. The number of nitrogens with one attached hydrogen (secondary N) is 1. The molecule has 0 bridgehead atoms. The second-order valence-electron chi connectivity index (χ2n) is 10.8. The highest BCUT2D eigenvalue weighted by molar-refractivity contribution is 7.92. The van der Waals surface area contributed by atoms with Crippen molar-refractivity contribution in [3.63, 3.8) is 0 Å². The van der Waals surface area contributed by atoms with Gasteiger partial charge in [0.05, 0.1) is 10.6 Å². The van der Waals surface area contributed by atoms with Crippen molar-refractivity contribution in [3.05, 3.63) is 130 Å². The summed E-state index contributed by atoms with van der Waals surface area (Å²) in [5, 5.41) is 3.84. The Balaban J connectivity index is 1.78. The van der Waals surface area contributed by atoms with Crippen LogP contribution in [-0.4, -0.2) is 44.3 Å². The Bertz CT molecular complexity index is 1680. The first kappa shape index (κ1) is 34.0. The molecule has 0 aliphatic carbocycles. The maximum Gasteiger partial charge on any atom is 0.264 e. The van der Waals surface area contributed by atoms with E-state index >= 15 is 0 Å². The lowest BCUT2D eigenvalue weighted by molar-refractivity contribution is -0.140. The quantitative estimate of drug-likeness (QED) is 0.146. The number of anilines is 1. The van der Waals surface area contributed by atoms with Crippen LogP contribution >= 0.6 is 23.2 Å². The van der Waals surface area contributed by atoms with Gasteiger partial charge in [0.15, 0.2) is 0 Å². The SMILES string of the molecule is CCCCNC(=O)[C@H](Cc1ccccc1)N(Cc1ccc(Cl)cc1)C(=O)CN(c1cccc(Cl)c1)S(=O)(=O)c1ccc(C)cc1. The van der Waals surface area contributed by atoms with Gasteiger partial charge in [0.25, 0.3) is 10.0 Å². The number of sulfonamides is 1. The molecule has 4 rings (SSSR count). The van der Waals surface area contributed by atoms with Crippen molar-refractivity contribution < 1.29 is 18.0 Å². The molecule has 0 saturated carbocycles. The van der Waals surface area contributed by atoms with Gasteiger partial charge in [-0.05, 0) is 66.9 Å². The number of hydrogen-bond donors (Lipinski definition) is 1. The monoisotopic (exact) mass is 665 g/mol. The van der Waals surface area contributed by atoms with Gasteiger partial charge in [-0.15, -0.1) is 0 Å². The Labute approximate surface area is 275 Å². The van der Waals surface area contributed by atoms with E-state index in [1.165, 1.54) is 23.1 Å². The molecule has 0 fully saturated rings. The fourth-order valence-corrected chi connectivity index (χ4v) is 6.56. The fraction of sp³-hybridized carbons (Fsp3) is 0.257. The normalized spacial score (nSPS) is 11.9. The number of nitrogens with zero attached hydrogens (tertiary/aromatic N) is 2. The second-order valence-corrected chi connectivity index (χ2v) is 13.5. The molecule has 0 spiro atoms. The first-order valence-corrected chi connectivity index (χ1v) is 17.0. The third-order valence-electron chi connectivity index (χ3n) is 7.35. The Morgan fingerprint density at radius 2 is 1.51 bits per heavy atom. The van der Waals surface area contributed by atoms with Crippen LogP contribution in [0.15, 0.2) is 108 Å². The Kier molecular flexibility index (Phi) is 12.0. The first-order valence-electron chi connectivity index (χ1n) is 14.8. The molecular weight excluding hydrogens is 629 g/mol. The van der Waals surface area contributed by atoms with Crippen molar-refractivity contribution in [2.24, 2.45) is 0 Å². The zero-order valence-corrected chi connectivity index (χ0v) is 27.7. The molecule has 0 aromatic heterocycles. The summed E-state index contributed by atoms with van der Waals surface area (Å²) in [4.78, 5) is 29.7. The van der Waals surface area contributed by atoms with Crippen molar-refractivity contribution in [1.29, 1.82) is 0 Å². The molecule has 1 atom stereocenters. The predicted octanol–water partition coefficient (Wildman–Crippen LogP) is 7.05. The average Bonchev–Trinajstić information content (AvgIpc) is 3.03. The number of benzene rings is 4. The molecule has 0 saturated heterocycles. The van der Waals surface area contributed by atoms with Crippen LogP contribution in [0.25, 0.3) is 0 Å². The van der Waals surface area contributed by atoms with Crippen molar-refractivity contribution in [1.82, 2.24) is 10.2 Å². The van der Waals surface area contributed by atoms with Crippen molar-refractivity contribution in [2.45, 2.75) is 50.6 Å². The van der Waals surface area contributed by atoms with E-state index in [2.05, 4.69) is 5.32 Å². The van der Waals surface area contributed by atoms with E-state index in [1.807, 2.05) is 44.2 Å². The van der Waals surface area contributed by atoms with E-state index in [9.17, 15) is 18.0 Å². The maximum atomic E-state index is 14.5. The summed E-state index contributed by atoms with van der Waals surface area (Å²) in [5.41, 5.74) is 2.73. The molecule has 0 unspecified atom stereocenters. The van der Waals surface area contributed by atoms with Crippen LogP contribution < -0.4 is 9.62 Å². The molecule has 0 heterocycles.